The summed E-state index contributed by atoms with van der Waals surface area (Å²) in [6, 6.07) is -0.144. The monoisotopic (exact) mass is 339 g/mol. The summed E-state index contributed by atoms with van der Waals surface area (Å²) in [5, 5.41) is 2.96. The minimum Gasteiger partial charge on any atom is -0.337 e. The molecule has 0 atom stereocenters. The quantitative estimate of drug-likeness (QED) is 0.855. The van der Waals surface area contributed by atoms with Crippen LogP contribution in [0.4, 0.5) is 18.0 Å². The molecule has 0 unspecified atom stereocenters. The molecule has 0 spiro atoms. The smallest absolute Gasteiger partial charge is 0.337 e. The lowest BCUT2D eigenvalue weighted by molar-refractivity contribution is -0.145. The van der Waals surface area contributed by atoms with Crippen LogP contribution in [0.3, 0.4) is 0 Å². The van der Waals surface area contributed by atoms with Crippen molar-refractivity contribution in [3.8, 4) is 0 Å². The Morgan fingerprint density at radius 3 is 2.45 bits per heavy atom. The molecule has 22 heavy (non-hydrogen) atoms. The molecular formula is C14H24F3N3OS. The summed E-state index contributed by atoms with van der Waals surface area (Å²) in [5.41, 5.74) is 0. The van der Waals surface area contributed by atoms with Gasteiger partial charge < -0.3 is 10.2 Å². The second-order valence-corrected chi connectivity index (χ2v) is 7.41. The fourth-order valence-electron chi connectivity index (χ4n) is 2.96. The van der Waals surface area contributed by atoms with Crippen LogP contribution in [0.15, 0.2) is 0 Å². The average molecular weight is 339 g/mol. The Morgan fingerprint density at radius 1 is 1.18 bits per heavy atom. The topological polar surface area (TPSA) is 35.6 Å². The molecule has 4 nitrogen and oxygen atoms in total. The van der Waals surface area contributed by atoms with Crippen molar-refractivity contribution in [3.05, 3.63) is 0 Å². The Balaban J connectivity index is 1.76. The lowest BCUT2D eigenvalue weighted by Gasteiger charge is -2.40. The van der Waals surface area contributed by atoms with E-state index in [4.69, 9.17) is 0 Å². The van der Waals surface area contributed by atoms with Gasteiger partial charge in [-0.05, 0) is 25.5 Å². The maximum absolute atomic E-state index is 12.4. The molecule has 0 aromatic heterocycles. The van der Waals surface area contributed by atoms with Crippen molar-refractivity contribution in [1.82, 2.24) is 15.1 Å². The predicted molar refractivity (Wildman–Crippen MR) is 82.2 cm³/mol. The number of carbonyl (C=O) groups excluding carboxylic acids is 1. The summed E-state index contributed by atoms with van der Waals surface area (Å²) < 4.78 is 37.5. The standard InChI is InChI=1S/C14H24F3N3OS/c1-22-13(4-2-5-13)10-18-12(21)20-7-3-6-19(8-9-20)11-14(15,16)17/h2-11H2,1H3,(H,18,21). The number of urea groups is 1. The number of nitrogens with one attached hydrogen (secondary N) is 1. The Kier molecular flexibility index (Phi) is 5.87. The van der Waals surface area contributed by atoms with Gasteiger partial charge in [-0.1, -0.05) is 6.42 Å². The van der Waals surface area contributed by atoms with Gasteiger partial charge in [0.2, 0.25) is 0 Å². The van der Waals surface area contributed by atoms with Crippen molar-refractivity contribution in [2.75, 3.05) is 45.5 Å². The highest BCUT2D eigenvalue weighted by Gasteiger charge is 2.37. The molecule has 0 radical (unpaired) electrons. The molecule has 128 valence electrons. The minimum absolute atomic E-state index is 0.144. The van der Waals surface area contributed by atoms with Crippen LogP contribution in [-0.2, 0) is 0 Å². The molecule has 2 fully saturated rings. The number of amides is 2. The van der Waals surface area contributed by atoms with Gasteiger partial charge in [-0.25, -0.2) is 4.79 Å². The summed E-state index contributed by atoms with van der Waals surface area (Å²) in [5.74, 6) is 0. The van der Waals surface area contributed by atoms with Crippen molar-refractivity contribution >= 4 is 17.8 Å². The molecule has 0 aromatic carbocycles. The normalized spacial score (nSPS) is 22.8. The molecular weight excluding hydrogens is 315 g/mol. The van der Waals surface area contributed by atoms with Gasteiger partial charge in [0.1, 0.15) is 0 Å². The zero-order valence-corrected chi connectivity index (χ0v) is 13.7. The molecule has 1 N–H and O–H groups in total. The van der Waals surface area contributed by atoms with Crippen molar-refractivity contribution in [3.63, 3.8) is 0 Å². The van der Waals surface area contributed by atoms with Gasteiger partial charge in [0.25, 0.3) is 0 Å². The van der Waals surface area contributed by atoms with Crippen LogP contribution in [0.5, 0.6) is 0 Å². The molecule has 8 heteroatoms. The molecule has 1 aliphatic carbocycles. The lowest BCUT2D eigenvalue weighted by Crippen LogP contribution is -2.50. The second-order valence-electron chi connectivity index (χ2n) is 6.13. The average Bonchev–Trinajstić information content (AvgIpc) is 2.61. The van der Waals surface area contributed by atoms with Gasteiger partial charge in [0.15, 0.2) is 0 Å². The van der Waals surface area contributed by atoms with Crippen LogP contribution in [0, 0.1) is 0 Å². The molecule has 2 amide bonds. The van der Waals surface area contributed by atoms with Crippen LogP contribution in [-0.4, -0.2) is 72.3 Å². The highest BCUT2D eigenvalue weighted by Crippen LogP contribution is 2.42. The molecule has 0 aromatic rings. The first-order chi connectivity index (χ1) is 10.3. The fraction of sp³-hybridized carbons (Fsp3) is 0.929. The van der Waals surface area contributed by atoms with Crippen molar-refractivity contribution < 1.29 is 18.0 Å². The number of rotatable bonds is 4. The van der Waals surface area contributed by atoms with E-state index < -0.39 is 12.7 Å². The first-order valence-corrected chi connectivity index (χ1v) is 8.93. The van der Waals surface area contributed by atoms with Crippen LogP contribution >= 0.6 is 11.8 Å². The predicted octanol–water partition coefficient (Wildman–Crippen LogP) is 2.55. The summed E-state index contributed by atoms with van der Waals surface area (Å²) in [6.07, 6.45) is 1.91. The SMILES string of the molecule is CSC1(CNC(=O)N2CCCN(CC(F)(F)F)CC2)CCC1. The molecule has 1 aliphatic heterocycles. The summed E-state index contributed by atoms with van der Waals surface area (Å²) in [7, 11) is 0. The maximum atomic E-state index is 12.4. The largest absolute Gasteiger partial charge is 0.401 e. The third-order valence-corrected chi connectivity index (χ3v) is 5.96. The van der Waals surface area contributed by atoms with Crippen molar-refractivity contribution in [2.45, 2.75) is 36.6 Å². The molecule has 1 saturated carbocycles. The number of nitrogens with zero attached hydrogens (tertiary/aromatic N) is 2. The minimum atomic E-state index is -4.17. The van der Waals surface area contributed by atoms with E-state index in [0.29, 0.717) is 32.6 Å². The second kappa shape index (κ2) is 7.29. The van der Waals surface area contributed by atoms with E-state index in [1.165, 1.54) is 11.3 Å². The Hall–Kier alpha value is -0.630. The van der Waals surface area contributed by atoms with E-state index in [1.807, 2.05) is 0 Å². The van der Waals surface area contributed by atoms with Crippen LogP contribution in [0.25, 0.3) is 0 Å². The van der Waals surface area contributed by atoms with Crippen molar-refractivity contribution in [1.29, 1.82) is 0 Å². The first-order valence-electron chi connectivity index (χ1n) is 7.71. The van der Waals surface area contributed by atoms with Crippen LogP contribution in [0.2, 0.25) is 0 Å². The van der Waals surface area contributed by atoms with E-state index in [9.17, 15) is 18.0 Å². The van der Waals surface area contributed by atoms with Gasteiger partial charge in [-0.2, -0.15) is 24.9 Å². The maximum Gasteiger partial charge on any atom is 0.401 e. The molecule has 1 saturated heterocycles. The first kappa shape index (κ1) is 17.7. The van der Waals surface area contributed by atoms with Crippen molar-refractivity contribution in [2.24, 2.45) is 0 Å². The van der Waals surface area contributed by atoms with Gasteiger partial charge in [0, 0.05) is 37.5 Å². The molecule has 1 heterocycles. The van der Waals surface area contributed by atoms with E-state index in [-0.39, 0.29) is 17.3 Å². The number of halogens is 3. The third kappa shape index (κ3) is 4.94. The Bertz CT molecular complexity index is 383. The number of hydrogen-bond donors (Lipinski definition) is 1. The summed E-state index contributed by atoms with van der Waals surface area (Å²) in [6.45, 7) is 1.30. The third-order valence-electron chi connectivity index (χ3n) is 4.54. The van der Waals surface area contributed by atoms with Gasteiger partial charge >= 0.3 is 12.2 Å². The Morgan fingerprint density at radius 2 is 1.91 bits per heavy atom. The van der Waals surface area contributed by atoms with E-state index >= 15 is 0 Å². The molecule has 2 aliphatic rings. The number of thioether (sulfide) groups is 1. The Labute approximate surface area is 133 Å². The number of alkyl halides is 3. The summed E-state index contributed by atoms with van der Waals surface area (Å²) in [4.78, 5) is 15.2. The van der Waals surface area contributed by atoms with Crippen LogP contribution in [0.1, 0.15) is 25.7 Å². The fourth-order valence-corrected chi connectivity index (χ4v) is 3.87. The van der Waals surface area contributed by atoms with Crippen LogP contribution < -0.4 is 5.32 Å². The highest BCUT2D eigenvalue weighted by molar-refractivity contribution is 8.00. The zero-order valence-electron chi connectivity index (χ0n) is 12.9. The van der Waals surface area contributed by atoms with Gasteiger partial charge in [-0.3, -0.25) is 4.90 Å². The lowest BCUT2D eigenvalue weighted by atomic mass is 9.84. The van der Waals surface area contributed by atoms with E-state index in [0.717, 1.165) is 12.8 Å². The molecule has 2 rings (SSSR count). The molecule has 0 bridgehead atoms. The number of carbonyl (C=O) groups is 1. The number of hydrogen-bond acceptors (Lipinski definition) is 3. The highest BCUT2D eigenvalue weighted by atomic mass is 32.2. The van der Waals surface area contributed by atoms with Gasteiger partial charge in [0.05, 0.1) is 6.54 Å². The summed E-state index contributed by atoms with van der Waals surface area (Å²) >= 11 is 1.79. The van der Waals surface area contributed by atoms with Gasteiger partial charge in [-0.15, -0.1) is 0 Å². The van der Waals surface area contributed by atoms with E-state index in [2.05, 4.69) is 11.6 Å². The van der Waals surface area contributed by atoms with E-state index in [1.54, 1.807) is 16.7 Å². The zero-order chi connectivity index (χ0) is 16.2.